The zero-order valence-electron chi connectivity index (χ0n) is 16.1. The van der Waals surface area contributed by atoms with Crippen molar-refractivity contribution in [2.45, 2.75) is 84.7 Å². The lowest BCUT2D eigenvalue weighted by Gasteiger charge is -2.32. The summed E-state index contributed by atoms with van der Waals surface area (Å²) in [5, 5.41) is 0. The van der Waals surface area contributed by atoms with E-state index in [2.05, 4.69) is 6.92 Å². The van der Waals surface area contributed by atoms with Gasteiger partial charge in [0.05, 0.1) is 6.10 Å². The van der Waals surface area contributed by atoms with Gasteiger partial charge in [0.25, 0.3) is 0 Å². The normalized spacial score (nSPS) is 28.0. The molecule has 2 aliphatic rings. The Morgan fingerprint density at radius 3 is 2.20 bits per heavy atom. The van der Waals surface area contributed by atoms with Gasteiger partial charge in [0.2, 0.25) is 0 Å². The highest BCUT2D eigenvalue weighted by atomic mass is 16.5. The summed E-state index contributed by atoms with van der Waals surface area (Å²) in [5.41, 5.74) is 0. The fraction of sp³-hybridized carbons (Fsp3) is 0.857. The van der Waals surface area contributed by atoms with E-state index in [4.69, 9.17) is 4.74 Å². The van der Waals surface area contributed by atoms with E-state index >= 15 is 0 Å². The Morgan fingerprint density at radius 1 is 1.04 bits per heavy atom. The molecule has 142 valence electrons. The Labute approximate surface area is 152 Å². The second-order valence-electron chi connectivity index (χ2n) is 8.16. The van der Waals surface area contributed by atoms with E-state index in [1.54, 1.807) is 0 Å². The highest BCUT2D eigenvalue weighted by Crippen LogP contribution is 2.32. The summed E-state index contributed by atoms with van der Waals surface area (Å²) < 4.78 is 6.05. The van der Waals surface area contributed by atoms with Gasteiger partial charge in [0, 0.05) is 25.9 Å². The van der Waals surface area contributed by atoms with Crippen molar-refractivity contribution < 1.29 is 19.1 Å². The predicted octanol–water partition coefficient (Wildman–Crippen LogP) is 4.14. The Kier molecular flexibility index (Phi) is 7.80. The molecular weight excluding hydrogens is 316 g/mol. The summed E-state index contributed by atoms with van der Waals surface area (Å²) in [5.74, 6) is -0.404. The van der Waals surface area contributed by atoms with Crippen LogP contribution in [0.25, 0.3) is 0 Å². The van der Waals surface area contributed by atoms with Crippen molar-refractivity contribution in [2.75, 3.05) is 6.61 Å². The number of ketones is 3. The van der Waals surface area contributed by atoms with Crippen LogP contribution >= 0.6 is 0 Å². The van der Waals surface area contributed by atoms with Crippen LogP contribution in [0.4, 0.5) is 0 Å². The molecule has 4 nitrogen and oxygen atoms in total. The van der Waals surface area contributed by atoms with E-state index in [0.29, 0.717) is 38.2 Å². The van der Waals surface area contributed by atoms with Crippen molar-refractivity contribution in [3.63, 3.8) is 0 Å². The van der Waals surface area contributed by atoms with Gasteiger partial charge in [-0.25, -0.2) is 0 Å². The minimum Gasteiger partial charge on any atom is -0.378 e. The molecule has 0 saturated heterocycles. The third kappa shape index (κ3) is 5.47. The Balaban J connectivity index is 1.82. The van der Waals surface area contributed by atoms with Gasteiger partial charge in [-0.1, -0.05) is 46.0 Å². The molecule has 0 heterocycles. The first-order valence-electron chi connectivity index (χ1n) is 10.1. The molecular formula is C21H34O4. The van der Waals surface area contributed by atoms with E-state index in [-0.39, 0.29) is 29.4 Å². The first-order chi connectivity index (χ1) is 11.9. The van der Waals surface area contributed by atoms with Crippen molar-refractivity contribution in [2.24, 2.45) is 23.7 Å². The Morgan fingerprint density at radius 2 is 1.64 bits per heavy atom. The lowest BCUT2D eigenvalue weighted by atomic mass is 9.75. The summed E-state index contributed by atoms with van der Waals surface area (Å²) in [4.78, 5) is 36.7. The zero-order chi connectivity index (χ0) is 18.4. The molecule has 0 bridgehead atoms. The zero-order valence-corrected chi connectivity index (χ0v) is 16.1. The lowest BCUT2D eigenvalue weighted by Crippen LogP contribution is -2.42. The summed E-state index contributed by atoms with van der Waals surface area (Å²) in [7, 11) is 0. The topological polar surface area (TPSA) is 60.4 Å². The van der Waals surface area contributed by atoms with Crippen molar-refractivity contribution in [1.29, 1.82) is 0 Å². The number of Topliss-reactive ketones (excluding diaryl/α,β-unsaturated/α-hetero) is 3. The van der Waals surface area contributed by atoms with Crippen LogP contribution in [-0.4, -0.2) is 30.1 Å². The van der Waals surface area contributed by atoms with Gasteiger partial charge in [-0.05, 0) is 31.1 Å². The largest absolute Gasteiger partial charge is 0.378 e. The van der Waals surface area contributed by atoms with Crippen molar-refractivity contribution in [1.82, 2.24) is 0 Å². The molecule has 25 heavy (non-hydrogen) atoms. The minimum absolute atomic E-state index is 0.0794. The van der Waals surface area contributed by atoms with E-state index < -0.39 is 5.92 Å². The molecule has 2 aliphatic carbocycles. The third-order valence-electron chi connectivity index (χ3n) is 6.13. The summed E-state index contributed by atoms with van der Waals surface area (Å²) in [6, 6.07) is 0. The van der Waals surface area contributed by atoms with Crippen LogP contribution < -0.4 is 0 Å². The van der Waals surface area contributed by atoms with Crippen LogP contribution in [0.1, 0.15) is 78.6 Å². The van der Waals surface area contributed by atoms with Gasteiger partial charge < -0.3 is 4.74 Å². The molecule has 0 amide bonds. The Hall–Kier alpha value is -1.03. The fourth-order valence-corrected chi connectivity index (χ4v) is 4.36. The minimum atomic E-state index is -0.996. The van der Waals surface area contributed by atoms with Gasteiger partial charge in [-0.15, -0.1) is 0 Å². The molecule has 2 saturated carbocycles. The smallest absolute Gasteiger partial charge is 0.151 e. The molecule has 0 spiro atoms. The first kappa shape index (κ1) is 20.3. The van der Waals surface area contributed by atoms with E-state index in [1.165, 1.54) is 32.1 Å². The number of hydrogen-bond donors (Lipinski definition) is 0. The third-order valence-corrected chi connectivity index (χ3v) is 6.13. The second-order valence-corrected chi connectivity index (χ2v) is 8.16. The van der Waals surface area contributed by atoms with Crippen LogP contribution in [0, 0.1) is 23.7 Å². The number of carbonyl (C=O) groups excluding carboxylic acids is 3. The SMILES string of the molecule is CCCC(=O)C1C(=O)CC(C(C)OCC(C)C2CCCCC2)CC1=O. The highest BCUT2D eigenvalue weighted by molar-refractivity contribution is 6.20. The van der Waals surface area contributed by atoms with Gasteiger partial charge in [-0.3, -0.25) is 14.4 Å². The van der Waals surface area contributed by atoms with Crippen LogP contribution in [0.15, 0.2) is 0 Å². The lowest BCUT2D eigenvalue weighted by molar-refractivity contribution is -0.145. The van der Waals surface area contributed by atoms with Crippen LogP contribution in [0.2, 0.25) is 0 Å². The van der Waals surface area contributed by atoms with Crippen LogP contribution in [0.3, 0.4) is 0 Å². The van der Waals surface area contributed by atoms with Crippen molar-refractivity contribution in [3.05, 3.63) is 0 Å². The molecule has 2 unspecified atom stereocenters. The average molecular weight is 350 g/mol. The summed E-state index contributed by atoms with van der Waals surface area (Å²) in [6.07, 6.45) is 8.06. The number of carbonyl (C=O) groups is 3. The van der Waals surface area contributed by atoms with E-state index in [9.17, 15) is 14.4 Å². The molecule has 0 N–H and O–H groups in total. The predicted molar refractivity (Wildman–Crippen MR) is 97.3 cm³/mol. The van der Waals surface area contributed by atoms with Gasteiger partial charge in [0.1, 0.15) is 5.92 Å². The van der Waals surface area contributed by atoms with Gasteiger partial charge >= 0.3 is 0 Å². The summed E-state index contributed by atoms with van der Waals surface area (Å²) in [6.45, 7) is 6.80. The second kappa shape index (κ2) is 9.61. The fourth-order valence-electron chi connectivity index (χ4n) is 4.36. The van der Waals surface area contributed by atoms with Gasteiger partial charge in [0.15, 0.2) is 17.3 Å². The molecule has 4 heteroatoms. The van der Waals surface area contributed by atoms with Gasteiger partial charge in [-0.2, -0.15) is 0 Å². The van der Waals surface area contributed by atoms with E-state index in [0.717, 1.165) is 5.92 Å². The van der Waals surface area contributed by atoms with Crippen LogP contribution in [0.5, 0.6) is 0 Å². The van der Waals surface area contributed by atoms with Crippen molar-refractivity contribution >= 4 is 17.3 Å². The van der Waals surface area contributed by atoms with Crippen molar-refractivity contribution in [3.8, 4) is 0 Å². The molecule has 0 aliphatic heterocycles. The summed E-state index contributed by atoms with van der Waals surface area (Å²) >= 11 is 0. The number of ether oxygens (including phenoxy) is 1. The standard InChI is InChI=1S/C21H34O4/c1-4-8-18(22)21-19(23)11-17(12-20(21)24)15(3)25-13-14(2)16-9-6-5-7-10-16/h14-17,21H,4-13H2,1-3H3. The van der Waals surface area contributed by atoms with Crippen LogP contribution in [-0.2, 0) is 19.1 Å². The highest BCUT2D eigenvalue weighted by Gasteiger charge is 2.41. The molecule has 0 radical (unpaired) electrons. The average Bonchev–Trinajstić information content (AvgIpc) is 2.59. The molecule has 0 aromatic carbocycles. The monoisotopic (exact) mass is 350 g/mol. The first-order valence-corrected chi connectivity index (χ1v) is 10.1. The molecule has 2 rings (SSSR count). The maximum absolute atomic E-state index is 12.3. The molecule has 0 aromatic rings. The molecule has 2 fully saturated rings. The Bertz CT molecular complexity index is 460. The molecule has 0 aromatic heterocycles. The number of hydrogen-bond acceptors (Lipinski definition) is 4. The quantitative estimate of drug-likeness (QED) is 0.617. The van der Waals surface area contributed by atoms with E-state index in [1.807, 2.05) is 13.8 Å². The molecule has 2 atom stereocenters. The maximum atomic E-state index is 12.3. The number of rotatable bonds is 8. The maximum Gasteiger partial charge on any atom is 0.151 e.